The van der Waals surface area contributed by atoms with Crippen molar-refractivity contribution in [2.45, 2.75) is 382 Å². The molecule has 19 heteroatoms. The molecule has 0 aromatic heterocycles. The van der Waals surface area contributed by atoms with E-state index in [9.17, 15) is 43.2 Å². The maximum atomic E-state index is 13.0. The zero-order valence-corrected chi connectivity index (χ0v) is 62.0. The molecule has 7 atom stereocenters. The number of ether oxygens (including phenoxy) is 4. The van der Waals surface area contributed by atoms with E-state index in [1.165, 1.54) is 161 Å². The second-order valence-electron chi connectivity index (χ2n) is 27.8. The third-order valence-corrected chi connectivity index (χ3v) is 19.4. The van der Waals surface area contributed by atoms with E-state index in [2.05, 4.69) is 55.4 Å². The molecular weight excluding hydrogens is 1210 g/mol. The quantitative estimate of drug-likeness (QED) is 0.0222. The summed E-state index contributed by atoms with van der Waals surface area (Å²) in [6.45, 7) is 14.1. The Hall–Kier alpha value is -1.94. The van der Waals surface area contributed by atoms with Gasteiger partial charge in [-0.25, -0.2) is 9.13 Å². The van der Waals surface area contributed by atoms with Crippen LogP contribution >= 0.6 is 15.6 Å². The smallest absolute Gasteiger partial charge is 0.462 e. The first-order chi connectivity index (χ1) is 44.2. The highest BCUT2D eigenvalue weighted by molar-refractivity contribution is 7.47. The predicted molar refractivity (Wildman–Crippen MR) is 372 cm³/mol. The molecule has 0 aromatic rings. The molecule has 546 valence electrons. The molecule has 0 spiro atoms. The fourth-order valence-electron chi connectivity index (χ4n) is 11.0. The number of esters is 4. The van der Waals surface area contributed by atoms with Crippen molar-refractivity contribution in [1.82, 2.24) is 0 Å². The molecule has 3 N–H and O–H groups in total. The minimum Gasteiger partial charge on any atom is -0.462 e. The molecule has 17 nitrogen and oxygen atoms in total. The summed E-state index contributed by atoms with van der Waals surface area (Å²) in [5, 5.41) is 10.6. The number of hydrogen-bond acceptors (Lipinski definition) is 15. The van der Waals surface area contributed by atoms with Gasteiger partial charge in [-0.05, 0) is 49.4 Å². The highest BCUT2D eigenvalue weighted by atomic mass is 31.2. The molecule has 0 saturated carbocycles. The Bertz CT molecular complexity index is 1820. The number of hydrogen-bond donors (Lipinski definition) is 3. The molecule has 4 unspecified atom stereocenters. The van der Waals surface area contributed by atoms with Gasteiger partial charge in [-0.2, -0.15) is 0 Å². The Labute approximate surface area is 562 Å². The molecule has 0 radical (unpaired) electrons. The molecule has 0 amide bonds. The molecule has 0 bridgehead atoms. The van der Waals surface area contributed by atoms with Gasteiger partial charge in [-0.15, -0.1) is 0 Å². The van der Waals surface area contributed by atoms with Gasteiger partial charge in [0.05, 0.1) is 26.4 Å². The Morgan fingerprint density at radius 1 is 0.304 bits per heavy atom. The van der Waals surface area contributed by atoms with E-state index < -0.39 is 97.5 Å². The zero-order valence-electron chi connectivity index (χ0n) is 60.2. The second-order valence-corrected chi connectivity index (χ2v) is 30.7. The summed E-state index contributed by atoms with van der Waals surface area (Å²) in [5.74, 6) is 0.896. The maximum Gasteiger partial charge on any atom is 0.472 e. The molecule has 0 saturated heterocycles. The Morgan fingerprint density at radius 2 is 0.522 bits per heavy atom. The molecule has 0 rings (SSSR count). The maximum absolute atomic E-state index is 13.0. The first-order valence-electron chi connectivity index (χ1n) is 37.8. The van der Waals surface area contributed by atoms with E-state index in [1.807, 2.05) is 0 Å². The van der Waals surface area contributed by atoms with Crippen LogP contribution in [0.4, 0.5) is 0 Å². The fraction of sp³-hybridized carbons (Fsp3) is 0.945. The minimum atomic E-state index is -4.95. The summed E-state index contributed by atoms with van der Waals surface area (Å²) in [7, 11) is -9.91. The van der Waals surface area contributed by atoms with Crippen molar-refractivity contribution >= 4 is 39.5 Å². The number of rotatable bonds is 70. The van der Waals surface area contributed by atoms with Crippen molar-refractivity contribution in [3.05, 3.63) is 0 Å². The lowest BCUT2D eigenvalue weighted by Gasteiger charge is -2.21. The molecule has 0 heterocycles. The topological polar surface area (TPSA) is 237 Å². The van der Waals surface area contributed by atoms with Crippen molar-refractivity contribution < 1.29 is 80.2 Å². The SMILES string of the molecule is CCC(C)CCCCCCCCCCCCCCCCC(=O)OC[C@H](COP(=O)(O)OC[C@@H](O)COP(=O)(O)OC[C@@H](COC(=O)CCCCCCCCC(C)CC)OC(=O)CCCCCCCCCCCCCCC(C)C)OC(=O)CCCCCCCCC(C)C. The van der Waals surface area contributed by atoms with Gasteiger partial charge in [0.15, 0.2) is 12.2 Å². The summed E-state index contributed by atoms with van der Waals surface area (Å²) in [6.07, 6.45) is 46.0. The monoisotopic (exact) mass is 1350 g/mol. The highest BCUT2D eigenvalue weighted by Gasteiger charge is 2.30. The largest absolute Gasteiger partial charge is 0.472 e. The van der Waals surface area contributed by atoms with Gasteiger partial charge in [0.2, 0.25) is 0 Å². The lowest BCUT2D eigenvalue weighted by molar-refractivity contribution is -0.161. The molecule has 92 heavy (non-hydrogen) atoms. The second kappa shape index (κ2) is 62.6. The van der Waals surface area contributed by atoms with E-state index in [4.69, 9.17) is 37.0 Å². The lowest BCUT2D eigenvalue weighted by Crippen LogP contribution is -2.30. The Balaban J connectivity index is 5.18. The minimum absolute atomic E-state index is 0.102. The van der Waals surface area contributed by atoms with Crippen LogP contribution in [0.3, 0.4) is 0 Å². The molecule has 0 aliphatic carbocycles. The molecule has 0 aliphatic rings. The predicted octanol–water partition coefficient (Wildman–Crippen LogP) is 20.9. The van der Waals surface area contributed by atoms with E-state index in [0.29, 0.717) is 31.6 Å². The van der Waals surface area contributed by atoms with Crippen LogP contribution in [-0.4, -0.2) is 96.7 Å². The van der Waals surface area contributed by atoms with Crippen LogP contribution in [0.25, 0.3) is 0 Å². The van der Waals surface area contributed by atoms with Gasteiger partial charge in [0.1, 0.15) is 19.3 Å². The number of aliphatic hydroxyl groups is 1. The number of carbonyl (C=O) groups is 4. The highest BCUT2D eigenvalue weighted by Crippen LogP contribution is 2.45. The van der Waals surface area contributed by atoms with Gasteiger partial charge in [-0.3, -0.25) is 37.3 Å². The molecule has 0 aromatic carbocycles. The van der Waals surface area contributed by atoms with Crippen LogP contribution in [0.2, 0.25) is 0 Å². The van der Waals surface area contributed by atoms with Gasteiger partial charge >= 0.3 is 39.5 Å². The average Bonchev–Trinajstić information content (AvgIpc) is 3.12. The number of phosphoric ester groups is 2. The van der Waals surface area contributed by atoms with Crippen molar-refractivity contribution in [2.24, 2.45) is 23.7 Å². The number of phosphoric acid groups is 2. The summed E-state index contributed by atoms with van der Waals surface area (Å²) in [5.41, 5.74) is 0. The van der Waals surface area contributed by atoms with Gasteiger partial charge < -0.3 is 33.8 Å². The normalized spacial score (nSPS) is 14.8. The Kier molecular flexibility index (Phi) is 61.3. The van der Waals surface area contributed by atoms with E-state index in [-0.39, 0.29) is 25.7 Å². The number of aliphatic hydroxyl groups excluding tert-OH is 1. The average molecular weight is 1350 g/mol. The van der Waals surface area contributed by atoms with Gasteiger partial charge in [0.25, 0.3) is 0 Å². The third-order valence-electron chi connectivity index (χ3n) is 17.5. The van der Waals surface area contributed by atoms with Crippen LogP contribution in [0, 0.1) is 23.7 Å². The summed E-state index contributed by atoms with van der Waals surface area (Å²) < 4.78 is 68.3. The van der Waals surface area contributed by atoms with Gasteiger partial charge in [-0.1, -0.05) is 312 Å². The molecular formula is C73H142O17P2. The summed E-state index contributed by atoms with van der Waals surface area (Å²) >= 11 is 0. The van der Waals surface area contributed by atoms with Crippen LogP contribution in [-0.2, 0) is 65.4 Å². The standard InChI is InChI=1S/C73H142O17P2/c1-9-65(7)51-43-35-26-22-18-13-11-12-14-19-23-27-37-45-53-70(75)83-59-69(90-73(78)56-48-40-31-29-34-42-50-64(5)6)62-88-92(81,82)86-58-67(74)57-85-91(79,80)87-61-68(60-84-71(76)54-46-38-32-30-36-44-52-66(8)10-2)89-72(77)55-47-39-28-24-20-16-15-17-21-25-33-41-49-63(3)4/h63-69,74H,9-62H2,1-8H3,(H,79,80)(H,81,82)/t65?,66?,67-,68+,69+/m0/s1. The van der Waals surface area contributed by atoms with Gasteiger partial charge in [0, 0.05) is 25.7 Å². The van der Waals surface area contributed by atoms with E-state index >= 15 is 0 Å². The molecule has 0 fully saturated rings. The van der Waals surface area contributed by atoms with Crippen molar-refractivity contribution in [3.63, 3.8) is 0 Å². The fourth-order valence-corrected chi connectivity index (χ4v) is 12.5. The van der Waals surface area contributed by atoms with Crippen molar-refractivity contribution in [2.75, 3.05) is 39.6 Å². The zero-order chi connectivity index (χ0) is 68.2. The van der Waals surface area contributed by atoms with Crippen LogP contribution in [0.5, 0.6) is 0 Å². The van der Waals surface area contributed by atoms with Crippen molar-refractivity contribution in [3.8, 4) is 0 Å². The summed E-state index contributed by atoms with van der Waals surface area (Å²) in [6, 6.07) is 0. The lowest BCUT2D eigenvalue weighted by atomic mass is 9.99. The van der Waals surface area contributed by atoms with Crippen LogP contribution in [0.1, 0.15) is 364 Å². The number of carbonyl (C=O) groups excluding carboxylic acids is 4. The van der Waals surface area contributed by atoms with E-state index in [0.717, 1.165) is 114 Å². The third kappa shape index (κ3) is 64.1. The van der Waals surface area contributed by atoms with Crippen LogP contribution in [0.15, 0.2) is 0 Å². The Morgan fingerprint density at radius 3 is 0.772 bits per heavy atom. The first kappa shape index (κ1) is 90.1. The first-order valence-corrected chi connectivity index (χ1v) is 40.8. The van der Waals surface area contributed by atoms with Crippen molar-refractivity contribution in [1.29, 1.82) is 0 Å². The number of unbranched alkanes of at least 4 members (excludes halogenated alkanes) is 34. The molecule has 0 aliphatic heterocycles. The van der Waals surface area contributed by atoms with Crippen LogP contribution < -0.4 is 0 Å². The van der Waals surface area contributed by atoms with E-state index in [1.54, 1.807) is 0 Å². The summed E-state index contributed by atoms with van der Waals surface area (Å²) in [4.78, 5) is 72.6.